The number of hydrogen-bond donors (Lipinski definition) is 2. The van der Waals surface area contributed by atoms with E-state index >= 15 is 0 Å². The number of carboxylic acid groups (broad SMARTS) is 1. The summed E-state index contributed by atoms with van der Waals surface area (Å²) in [6, 6.07) is 1.77. The summed E-state index contributed by atoms with van der Waals surface area (Å²) in [5.41, 5.74) is 1.52. The molecule has 0 bridgehead atoms. The van der Waals surface area contributed by atoms with Crippen LogP contribution in [0.3, 0.4) is 0 Å². The second kappa shape index (κ2) is 5.09. The maximum Gasteiger partial charge on any atom is 0.303 e. The molecule has 0 atom stereocenters. The Labute approximate surface area is 87.1 Å². The molecule has 1 aromatic rings. The predicted octanol–water partition coefficient (Wildman–Crippen LogP) is 1.19. The zero-order valence-electron chi connectivity index (χ0n) is 8.36. The van der Waals surface area contributed by atoms with Gasteiger partial charge < -0.3 is 10.4 Å². The summed E-state index contributed by atoms with van der Waals surface area (Å²) in [6.07, 6.45) is 3.01. The summed E-state index contributed by atoms with van der Waals surface area (Å²) in [7, 11) is 0. The zero-order valence-corrected chi connectivity index (χ0v) is 8.36. The molecule has 1 rings (SSSR count). The van der Waals surface area contributed by atoms with Crippen molar-refractivity contribution in [2.75, 3.05) is 5.32 Å². The fourth-order valence-corrected chi connectivity index (χ4v) is 1.07. The number of aromatic nitrogens is 1. The predicted molar refractivity (Wildman–Crippen MR) is 54.5 cm³/mol. The highest BCUT2D eigenvalue weighted by Gasteiger charge is 2.05. The Morgan fingerprint density at radius 3 is 2.73 bits per heavy atom. The minimum Gasteiger partial charge on any atom is -0.481 e. The summed E-state index contributed by atoms with van der Waals surface area (Å²) >= 11 is 0. The Morgan fingerprint density at radius 2 is 2.13 bits per heavy atom. The first-order valence-corrected chi connectivity index (χ1v) is 4.51. The average Bonchev–Trinajstić information content (AvgIpc) is 2.15. The van der Waals surface area contributed by atoms with Crippen molar-refractivity contribution in [1.29, 1.82) is 0 Å². The highest BCUT2D eigenvalue weighted by atomic mass is 16.4. The van der Waals surface area contributed by atoms with E-state index in [0.717, 1.165) is 5.56 Å². The van der Waals surface area contributed by atoms with E-state index in [0.29, 0.717) is 5.69 Å². The van der Waals surface area contributed by atoms with Crippen LogP contribution in [0.4, 0.5) is 5.69 Å². The van der Waals surface area contributed by atoms with Crippen molar-refractivity contribution in [2.24, 2.45) is 0 Å². The van der Waals surface area contributed by atoms with Crippen LogP contribution in [-0.2, 0) is 9.59 Å². The summed E-state index contributed by atoms with van der Waals surface area (Å²) in [4.78, 5) is 25.3. The first-order chi connectivity index (χ1) is 7.08. The SMILES string of the molecule is Cc1cncc(NC(=O)CCC(=O)O)c1. The van der Waals surface area contributed by atoms with Gasteiger partial charge in [0, 0.05) is 12.6 Å². The Kier molecular flexibility index (Phi) is 3.79. The summed E-state index contributed by atoms with van der Waals surface area (Å²) in [5.74, 6) is -1.29. The van der Waals surface area contributed by atoms with Crippen molar-refractivity contribution in [1.82, 2.24) is 4.98 Å². The number of aliphatic carboxylic acids is 1. The van der Waals surface area contributed by atoms with E-state index in [9.17, 15) is 9.59 Å². The number of nitrogens with zero attached hydrogens (tertiary/aromatic N) is 1. The lowest BCUT2D eigenvalue weighted by atomic mass is 10.2. The van der Waals surface area contributed by atoms with E-state index < -0.39 is 5.97 Å². The molecule has 0 aliphatic heterocycles. The molecule has 0 aliphatic carbocycles. The third kappa shape index (κ3) is 4.21. The molecule has 5 nitrogen and oxygen atoms in total. The van der Waals surface area contributed by atoms with Crippen LogP contribution in [0.1, 0.15) is 18.4 Å². The molecule has 0 aromatic carbocycles. The molecule has 1 heterocycles. The van der Waals surface area contributed by atoms with Crippen LogP contribution < -0.4 is 5.32 Å². The molecular formula is C10H12N2O3. The van der Waals surface area contributed by atoms with Crippen molar-refractivity contribution in [2.45, 2.75) is 19.8 Å². The van der Waals surface area contributed by atoms with Crippen molar-refractivity contribution in [3.05, 3.63) is 24.0 Å². The third-order valence-electron chi connectivity index (χ3n) is 1.72. The Bertz CT molecular complexity index is 377. The van der Waals surface area contributed by atoms with Crippen LogP contribution in [-0.4, -0.2) is 22.0 Å². The van der Waals surface area contributed by atoms with Crippen LogP contribution in [0.15, 0.2) is 18.5 Å². The van der Waals surface area contributed by atoms with Gasteiger partial charge in [-0.25, -0.2) is 0 Å². The number of hydrogen-bond acceptors (Lipinski definition) is 3. The molecule has 15 heavy (non-hydrogen) atoms. The van der Waals surface area contributed by atoms with E-state index in [1.165, 1.54) is 6.20 Å². The lowest BCUT2D eigenvalue weighted by molar-refractivity contribution is -0.138. The summed E-state index contributed by atoms with van der Waals surface area (Å²) < 4.78 is 0. The quantitative estimate of drug-likeness (QED) is 0.779. The van der Waals surface area contributed by atoms with Gasteiger partial charge in [-0.3, -0.25) is 14.6 Å². The molecule has 5 heteroatoms. The van der Waals surface area contributed by atoms with Crippen LogP contribution in [0.25, 0.3) is 0 Å². The third-order valence-corrected chi connectivity index (χ3v) is 1.72. The van der Waals surface area contributed by atoms with Crippen molar-refractivity contribution in [3.8, 4) is 0 Å². The molecule has 0 spiro atoms. The number of amides is 1. The Hall–Kier alpha value is -1.91. The van der Waals surface area contributed by atoms with Gasteiger partial charge in [0.05, 0.1) is 18.3 Å². The summed E-state index contributed by atoms with van der Waals surface area (Å²) in [6.45, 7) is 1.86. The van der Waals surface area contributed by atoms with Crippen molar-refractivity contribution in [3.63, 3.8) is 0 Å². The normalized spacial score (nSPS) is 9.67. The molecule has 0 aliphatic rings. The van der Waals surface area contributed by atoms with E-state index in [1.807, 2.05) is 6.92 Å². The largest absolute Gasteiger partial charge is 0.481 e. The Balaban J connectivity index is 2.48. The van der Waals surface area contributed by atoms with Gasteiger partial charge in [-0.05, 0) is 18.6 Å². The highest BCUT2D eigenvalue weighted by Crippen LogP contribution is 2.07. The van der Waals surface area contributed by atoms with Gasteiger partial charge >= 0.3 is 5.97 Å². The van der Waals surface area contributed by atoms with Gasteiger partial charge in [-0.1, -0.05) is 0 Å². The minimum atomic E-state index is -0.979. The lowest BCUT2D eigenvalue weighted by Crippen LogP contribution is -2.13. The Morgan fingerprint density at radius 1 is 1.40 bits per heavy atom. The molecule has 0 saturated carbocycles. The van der Waals surface area contributed by atoms with E-state index in [4.69, 9.17) is 5.11 Å². The molecule has 0 unspecified atom stereocenters. The number of carbonyl (C=O) groups excluding carboxylic acids is 1. The molecule has 0 fully saturated rings. The van der Waals surface area contributed by atoms with Crippen LogP contribution >= 0.6 is 0 Å². The molecule has 80 valence electrons. The van der Waals surface area contributed by atoms with Gasteiger partial charge in [0.25, 0.3) is 0 Å². The molecule has 1 aromatic heterocycles. The molecule has 1 amide bonds. The second-order valence-corrected chi connectivity index (χ2v) is 3.19. The van der Waals surface area contributed by atoms with Gasteiger partial charge in [-0.2, -0.15) is 0 Å². The number of carboxylic acids is 1. The molecule has 2 N–H and O–H groups in total. The van der Waals surface area contributed by atoms with Crippen molar-refractivity contribution >= 4 is 17.6 Å². The number of nitrogens with one attached hydrogen (secondary N) is 1. The highest BCUT2D eigenvalue weighted by molar-refractivity contribution is 5.92. The number of rotatable bonds is 4. The maximum absolute atomic E-state index is 11.2. The van der Waals surface area contributed by atoms with Crippen LogP contribution in [0, 0.1) is 6.92 Å². The fraction of sp³-hybridized carbons (Fsp3) is 0.300. The van der Waals surface area contributed by atoms with Crippen molar-refractivity contribution < 1.29 is 14.7 Å². The minimum absolute atomic E-state index is 0.0245. The zero-order chi connectivity index (χ0) is 11.3. The molecular weight excluding hydrogens is 196 g/mol. The fourth-order valence-electron chi connectivity index (χ4n) is 1.07. The lowest BCUT2D eigenvalue weighted by Gasteiger charge is -2.03. The topological polar surface area (TPSA) is 79.3 Å². The van der Waals surface area contributed by atoms with E-state index in [-0.39, 0.29) is 18.7 Å². The summed E-state index contributed by atoms with van der Waals surface area (Å²) in [5, 5.41) is 11.0. The molecule has 0 radical (unpaired) electrons. The van der Waals surface area contributed by atoms with Gasteiger partial charge in [0.1, 0.15) is 0 Å². The number of aryl methyl sites for hydroxylation is 1. The van der Waals surface area contributed by atoms with E-state index in [2.05, 4.69) is 10.3 Å². The smallest absolute Gasteiger partial charge is 0.303 e. The standard InChI is InChI=1S/C10H12N2O3/c1-7-4-8(6-11-5-7)12-9(13)2-3-10(14)15/h4-6H,2-3H2,1H3,(H,12,13)(H,14,15). The first-order valence-electron chi connectivity index (χ1n) is 4.51. The molecule has 0 saturated heterocycles. The number of carbonyl (C=O) groups is 2. The average molecular weight is 208 g/mol. The van der Waals surface area contributed by atoms with Gasteiger partial charge in [-0.15, -0.1) is 0 Å². The van der Waals surface area contributed by atoms with E-state index in [1.54, 1.807) is 12.3 Å². The van der Waals surface area contributed by atoms with Gasteiger partial charge in [0.2, 0.25) is 5.91 Å². The first kappa shape index (κ1) is 11.2. The number of pyridine rings is 1. The van der Waals surface area contributed by atoms with Crippen LogP contribution in [0.5, 0.6) is 0 Å². The monoisotopic (exact) mass is 208 g/mol. The van der Waals surface area contributed by atoms with Gasteiger partial charge in [0.15, 0.2) is 0 Å². The maximum atomic E-state index is 11.2. The number of anilines is 1. The second-order valence-electron chi connectivity index (χ2n) is 3.19. The van der Waals surface area contributed by atoms with Crippen LogP contribution in [0.2, 0.25) is 0 Å².